The molecule has 0 aromatic heterocycles. The molecule has 0 radical (unpaired) electrons. The van der Waals surface area contributed by atoms with Crippen LogP contribution in [0, 0.1) is 0 Å². The molecule has 0 heterocycles. The molecule has 0 unspecified atom stereocenters. The van der Waals surface area contributed by atoms with Crippen molar-refractivity contribution in [3.63, 3.8) is 0 Å². The van der Waals surface area contributed by atoms with E-state index in [9.17, 15) is 4.79 Å². The van der Waals surface area contributed by atoms with Crippen molar-refractivity contribution in [2.24, 2.45) is 5.10 Å². The Hall–Kier alpha value is -2.82. The Kier molecular flexibility index (Phi) is 7.50. The smallest absolute Gasteiger partial charge is 0.273 e. The predicted molar refractivity (Wildman–Crippen MR) is 102 cm³/mol. The van der Waals surface area contributed by atoms with Crippen LogP contribution in [0.5, 0.6) is 5.75 Å². The Balaban J connectivity index is 1.79. The maximum absolute atomic E-state index is 12.0. The highest BCUT2D eigenvalue weighted by atomic mass is 16.5. The highest BCUT2D eigenvalue weighted by molar-refractivity contribution is 5.99. The fourth-order valence-corrected chi connectivity index (χ4v) is 2.30. The maximum Gasteiger partial charge on any atom is 0.273 e. The van der Waals surface area contributed by atoms with Crippen molar-refractivity contribution in [1.29, 1.82) is 0 Å². The Morgan fingerprint density at radius 3 is 2.60 bits per heavy atom. The number of amides is 1. The SMILES string of the molecule is CCCCCCOc1ccc(/C=N/NC(=O)c2ccccc2N)cc1. The van der Waals surface area contributed by atoms with Crippen LogP contribution >= 0.6 is 0 Å². The molecule has 0 aliphatic carbocycles. The van der Waals surface area contributed by atoms with E-state index in [1.165, 1.54) is 19.3 Å². The summed E-state index contributed by atoms with van der Waals surface area (Å²) >= 11 is 0. The first-order chi connectivity index (χ1) is 12.2. The fourth-order valence-electron chi connectivity index (χ4n) is 2.30. The molecule has 2 aromatic rings. The van der Waals surface area contributed by atoms with Gasteiger partial charge in [0.05, 0.1) is 18.4 Å². The van der Waals surface area contributed by atoms with Crippen molar-refractivity contribution in [2.45, 2.75) is 32.6 Å². The first kappa shape index (κ1) is 18.5. The number of carbonyl (C=O) groups is 1. The van der Waals surface area contributed by atoms with E-state index in [4.69, 9.17) is 10.5 Å². The van der Waals surface area contributed by atoms with Crippen molar-refractivity contribution in [2.75, 3.05) is 12.3 Å². The lowest BCUT2D eigenvalue weighted by atomic mass is 10.2. The summed E-state index contributed by atoms with van der Waals surface area (Å²) in [5.41, 5.74) is 9.95. The largest absolute Gasteiger partial charge is 0.494 e. The van der Waals surface area contributed by atoms with Gasteiger partial charge < -0.3 is 10.5 Å². The second kappa shape index (κ2) is 10.1. The van der Waals surface area contributed by atoms with E-state index in [0.29, 0.717) is 11.3 Å². The van der Waals surface area contributed by atoms with E-state index in [2.05, 4.69) is 17.5 Å². The summed E-state index contributed by atoms with van der Waals surface area (Å²) in [7, 11) is 0. The standard InChI is InChI=1S/C20H25N3O2/c1-2-3-4-7-14-25-17-12-10-16(11-13-17)15-22-23-20(24)18-8-5-6-9-19(18)21/h5-6,8-13,15H,2-4,7,14,21H2,1H3,(H,23,24)/b22-15+. The van der Waals surface area contributed by atoms with Gasteiger partial charge in [-0.2, -0.15) is 5.10 Å². The van der Waals surface area contributed by atoms with Crippen LogP contribution in [0.1, 0.15) is 48.5 Å². The molecule has 0 saturated carbocycles. The molecule has 132 valence electrons. The number of benzene rings is 2. The molecule has 0 fully saturated rings. The number of anilines is 1. The molecule has 1 amide bonds. The Morgan fingerprint density at radius 2 is 1.88 bits per heavy atom. The quantitative estimate of drug-likeness (QED) is 0.314. The van der Waals surface area contributed by atoms with Gasteiger partial charge in [-0.1, -0.05) is 38.3 Å². The lowest BCUT2D eigenvalue weighted by molar-refractivity contribution is 0.0956. The highest BCUT2D eigenvalue weighted by Crippen LogP contribution is 2.12. The number of ether oxygens (including phenoxy) is 1. The van der Waals surface area contributed by atoms with Crippen molar-refractivity contribution >= 4 is 17.8 Å². The zero-order valence-electron chi connectivity index (χ0n) is 14.6. The highest BCUT2D eigenvalue weighted by Gasteiger charge is 2.06. The van der Waals surface area contributed by atoms with Gasteiger partial charge in [0.2, 0.25) is 0 Å². The van der Waals surface area contributed by atoms with Gasteiger partial charge in [0, 0.05) is 5.69 Å². The number of hydrogen-bond acceptors (Lipinski definition) is 4. The summed E-state index contributed by atoms with van der Waals surface area (Å²) in [5, 5.41) is 3.96. The molecule has 25 heavy (non-hydrogen) atoms. The number of nitrogens with zero attached hydrogens (tertiary/aromatic N) is 1. The van der Waals surface area contributed by atoms with Crippen molar-refractivity contribution < 1.29 is 9.53 Å². The minimum absolute atomic E-state index is 0.332. The van der Waals surface area contributed by atoms with E-state index in [-0.39, 0.29) is 5.91 Å². The fraction of sp³-hybridized carbons (Fsp3) is 0.300. The average molecular weight is 339 g/mol. The number of hydrazone groups is 1. The van der Waals surface area contributed by atoms with E-state index in [1.54, 1.807) is 30.5 Å². The van der Waals surface area contributed by atoms with E-state index < -0.39 is 0 Å². The monoisotopic (exact) mass is 339 g/mol. The van der Waals surface area contributed by atoms with E-state index >= 15 is 0 Å². The lowest BCUT2D eigenvalue weighted by Gasteiger charge is -2.06. The lowest BCUT2D eigenvalue weighted by Crippen LogP contribution is -2.18. The number of unbranched alkanes of at least 4 members (excludes halogenated alkanes) is 3. The third-order valence-corrected chi connectivity index (χ3v) is 3.73. The van der Waals surface area contributed by atoms with Crippen molar-refractivity contribution in [3.8, 4) is 5.75 Å². The van der Waals surface area contributed by atoms with Crippen LogP contribution in [0.25, 0.3) is 0 Å². The molecule has 5 heteroatoms. The molecular formula is C20H25N3O2. The number of hydrogen-bond donors (Lipinski definition) is 2. The summed E-state index contributed by atoms with van der Waals surface area (Å²) in [6.07, 6.45) is 6.33. The predicted octanol–water partition coefficient (Wildman–Crippen LogP) is 3.99. The molecule has 0 spiro atoms. The Morgan fingerprint density at radius 1 is 1.12 bits per heavy atom. The van der Waals surface area contributed by atoms with Gasteiger partial charge in [-0.15, -0.1) is 0 Å². The summed E-state index contributed by atoms with van der Waals surface area (Å²) < 4.78 is 5.69. The topological polar surface area (TPSA) is 76.7 Å². The van der Waals surface area contributed by atoms with Gasteiger partial charge in [-0.25, -0.2) is 5.43 Å². The van der Waals surface area contributed by atoms with Gasteiger partial charge in [0.15, 0.2) is 0 Å². The minimum Gasteiger partial charge on any atom is -0.494 e. The molecule has 2 rings (SSSR count). The van der Waals surface area contributed by atoms with Crippen LogP contribution < -0.4 is 15.9 Å². The number of nitrogen functional groups attached to an aromatic ring is 1. The van der Waals surface area contributed by atoms with Crippen LogP contribution in [-0.4, -0.2) is 18.7 Å². The van der Waals surface area contributed by atoms with Crippen molar-refractivity contribution in [3.05, 3.63) is 59.7 Å². The molecule has 3 N–H and O–H groups in total. The molecule has 0 aliphatic rings. The summed E-state index contributed by atoms with van der Waals surface area (Å²) in [5.74, 6) is 0.510. The van der Waals surface area contributed by atoms with Crippen LogP contribution in [0.3, 0.4) is 0 Å². The molecule has 0 saturated heterocycles. The summed E-state index contributed by atoms with van der Waals surface area (Å²) in [6, 6.07) is 14.5. The number of rotatable bonds is 9. The third kappa shape index (κ3) is 6.30. The van der Waals surface area contributed by atoms with Gasteiger partial charge in [0.25, 0.3) is 5.91 Å². The first-order valence-corrected chi connectivity index (χ1v) is 8.61. The Bertz CT molecular complexity index is 696. The van der Waals surface area contributed by atoms with Crippen LogP contribution in [-0.2, 0) is 0 Å². The zero-order chi connectivity index (χ0) is 17.9. The normalized spacial score (nSPS) is 10.8. The van der Waals surface area contributed by atoms with Gasteiger partial charge in [-0.3, -0.25) is 4.79 Å². The first-order valence-electron chi connectivity index (χ1n) is 8.61. The van der Waals surface area contributed by atoms with Crippen LogP contribution in [0.2, 0.25) is 0 Å². The molecule has 2 aromatic carbocycles. The van der Waals surface area contributed by atoms with Crippen LogP contribution in [0.4, 0.5) is 5.69 Å². The van der Waals surface area contributed by atoms with Gasteiger partial charge in [-0.05, 0) is 48.4 Å². The van der Waals surface area contributed by atoms with Crippen LogP contribution in [0.15, 0.2) is 53.6 Å². The molecular weight excluding hydrogens is 314 g/mol. The summed E-state index contributed by atoms with van der Waals surface area (Å²) in [6.45, 7) is 2.93. The number of nitrogens with one attached hydrogen (secondary N) is 1. The third-order valence-electron chi connectivity index (χ3n) is 3.73. The zero-order valence-corrected chi connectivity index (χ0v) is 14.6. The molecule has 0 atom stereocenters. The number of nitrogens with two attached hydrogens (primary N) is 1. The Labute approximate surface area is 148 Å². The van der Waals surface area contributed by atoms with Gasteiger partial charge in [0.1, 0.15) is 5.75 Å². The van der Waals surface area contributed by atoms with Gasteiger partial charge >= 0.3 is 0 Å². The molecule has 5 nitrogen and oxygen atoms in total. The van der Waals surface area contributed by atoms with E-state index in [1.807, 2.05) is 24.3 Å². The second-order valence-corrected chi connectivity index (χ2v) is 5.76. The second-order valence-electron chi connectivity index (χ2n) is 5.76. The average Bonchev–Trinajstić information content (AvgIpc) is 2.63. The maximum atomic E-state index is 12.0. The number of carbonyl (C=O) groups excluding carboxylic acids is 1. The van der Waals surface area contributed by atoms with Crippen molar-refractivity contribution in [1.82, 2.24) is 5.43 Å². The van der Waals surface area contributed by atoms with E-state index in [0.717, 1.165) is 24.3 Å². The molecule has 0 bridgehead atoms. The summed E-state index contributed by atoms with van der Waals surface area (Å²) in [4.78, 5) is 12.0. The minimum atomic E-state index is -0.332. The molecule has 0 aliphatic heterocycles. The number of para-hydroxylation sites is 1.